The number of carboxylic acids is 1. The quantitative estimate of drug-likeness (QED) is 0.537. The van der Waals surface area contributed by atoms with Gasteiger partial charge in [0.05, 0.1) is 11.3 Å². The van der Waals surface area contributed by atoms with Crippen LogP contribution in [-0.2, 0) is 4.79 Å². The van der Waals surface area contributed by atoms with E-state index in [0.717, 1.165) is 5.56 Å². The van der Waals surface area contributed by atoms with E-state index in [-0.39, 0.29) is 11.5 Å². The van der Waals surface area contributed by atoms with Crippen molar-refractivity contribution in [3.8, 4) is 0 Å². The number of rotatable bonds is 3. The zero-order valence-corrected chi connectivity index (χ0v) is 15.6. The van der Waals surface area contributed by atoms with Crippen molar-refractivity contribution in [1.82, 2.24) is 0 Å². The minimum Gasteiger partial charge on any atom is -0.478 e. The summed E-state index contributed by atoms with van der Waals surface area (Å²) in [6, 6.07) is 20.5. The average molecular weight is 383 g/mol. The molecule has 3 aromatic rings. The van der Waals surface area contributed by atoms with E-state index in [0.29, 0.717) is 28.0 Å². The first-order valence-corrected chi connectivity index (χ1v) is 9.06. The van der Waals surface area contributed by atoms with Crippen LogP contribution in [0.4, 0.5) is 5.69 Å². The molecule has 1 aliphatic heterocycles. The molecule has 5 nitrogen and oxygen atoms in total. The van der Waals surface area contributed by atoms with Crippen LogP contribution in [0.25, 0.3) is 11.6 Å². The molecule has 1 aliphatic rings. The number of anilines is 1. The molecule has 0 radical (unpaired) electrons. The third-order valence-electron chi connectivity index (χ3n) is 4.91. The molecule has 3 aromatic carbocycles. The van der Waals surface area contributed by atoms with Crippen molar-refractivity contribution in [1.29, 1.82) is 0 Å². The molecule has 0 aromatic heterocycles. The summed E-state index contributed by atoms with van der Waals surface area (Å²) >= 11 is 0. The number of benzene rings is 3. The Kier molecular flexibility index (Phi) is 4.56. The van der Waals surface area contributed by atoms with Gasteiger partial charge in [-0.1, -0.05) is 48.5 Å². The van der Waals surface area contributed by atoms with E-state index in [1.54, 1.807) is 54.6 Å². The van der Waals surface area contributed by atoms with Gasteiger partial charge in [-0.05, 0) is 54.0 Å². The Balaban J connectivity index is 1.87. The molecule has 29 heavy (non-hydrogen) atoms. The van der Waals surface area contributed by atoms with Crippen LogP contribution in [0.5, 0.6) is 0 Å². The maximum Gasteiger partial charge on any atom is 0.335 e. The fraction of sp³-hybridized carbons (Fsp3) is 0.0417. The van der Waals surface area contributed by atoms with Gasteiger partial charge in [0.25, 0.3) is 11.8 Å². The number of nitrogens with zero attached hydrogens (tertiary/aromatic N) is 1. The van der Waals surface area contributed by atoms with Gasteiger partial charge in [0.15, 0.2) is 0 Å². The molecule has 0 atom stereocenters. The maximum atomic E-state index is 13.4. The predicted molar refractivity (Wildman–Crippen MR) is 111 cm³/mol. The fourth-order valence-electron chi connectivity index (χ4n) is 3.41. The van der Waals surface area contributed by atoms with Gasteiger partial charge < -0.3 is 5.11 Å². The van der Waals surface area contributed by atoms with Gasteiger partial charge in [0.2, 0.25) is 0 Å². The normalized spacial score (nSPS) is 14.8. The summed E-state index contributed by atoms with van der Waals surface area (Å²) in [5, 5.41) is 9.07. The van der Waals surface area contributed by atoms with Crippen molar-refractivity contribution in [2.45, 2.75) is 6.92 Å². The largest absolute Gasteiger partial charge is 0.478 e. The molecular formula is C24H17NO4. The van der Waals surface area contributed by atoms with Crippen LogP contribution in [0, 0.1) is 6.92 Å². The smallest absolute Gasteiger partial charge is 0.335 e. The number of aryl methyl sites for hydroxylation is 1. The highest BCUT2D eigenvalue weighted by Gasteiger charge is 2.36. The molecule has 0 saturated carbocycles. The van der Waals surface area contributed by atoms with Gasteiger partial charge in [-0.15, -0.1) is 0 Å². The molecule has 5 heteroatoms. The summed E-state index contributed by atoms with van der Waals surface area (Å²) < 4.78 is 0. The number of carboxylic acid groups (broad SMARTS) is 1. The molecule has 0 fully saturated rings. The molecule has 0 saturated heterocycles. The Bertz CT molecular complexity index is 1180. The Labute approximate surface area is 167 Å². The summed E-state index contributed by atoms with van der Waals surface area (Å²) in [5.41, 5.74) is 3.60. The second kappa shape index (κ2) is 7.20. The number of hydrogen-bond donors (Lipinski definition) is 1. The van der Waals surface area contributed by atoms with Crippen molar-refractivity contribution in [2.24, 2.45) is 0 Å². The van der Waals surface area contributed by atoms with E-state index in [9.17, 15) is 14.4 Å². The molecular weight excluding hydrogens is 366 g/mol. The molecule has 4 rings (SSSR count). The lowest BCUT2D eigenvalue weighted by molar-refractivity contribution is -0.112. The topological polar surface area (TPSA) is 74.7 Å². The van der Waals surface area contributed by atoms with E-state index >= 15 is 0 Å². The summed E-state index contributed by atoms with van der Waals surface area (Å²) in [6.45, 7) is 1.85. The van der Waals surface area contributed by atoms with Crippen LogP contribution in [0.2, 0.25) is 0 Å². The summed E-state index contributed by atoms with van der Waals surface area (Å²) in [6.07, 6.45) is 1.69. The first kappa shape index (κ1) is 18.4. The first-order valence-electron chi connectivity index (χ1n) is 9.06. The van der Waals surface area contributed by atoms with Crippen LogP contribution in [0.3, 0.4) is 0 Å². The third kappa shape index (κ3) is 3.23. The monoisotopic (exact) mass is 383 g/mol. The van der Waals surface area contributed by atoms with Gasteiger partial charge in [-0.25, -0.2) is 9.69 Å². The SMILES string of the molecule is Cc1ccccc1N1C(=O)/C(=C\c2ccc(C(=O)O)cc2)c2ccccc2C1=O. The predicted octanol–water partition coefficient (Wildman–Crippen LogP) is 4.42. The van der Waals surface area contributed by atoms with Gasteiger partial charge in [0, 0.05) is 11.1 Å². The highest BCUT2D eigenvalue weighted by atomic mass is 16.4. The zero-order chi connectivity index (χ0) is 20.5. The number of amides is 2. The van der Waals surface area contributed by atoms with Crippen LogP contribution in [0.1, 0.15) is 37.4 Å². The second-order valence-corrected chi connectivity index (χ2v) is 6.76. The number of carbonyl (C=O) groups is 3. The highest BCUT2D eigenvalue weighted by molar-refractivity contribution is 6.43. The van der Waals surface area contributed by atoms with Crippen LogP contribution in [0.15, 0.2) is 72.8 Å². The molecule has 142 valence electrons. The van der Waals surface area contributed by atoms with E-state index in [1.165, 1.54) is 17.0 Å². The Morgan fingerprint density at radius 3 is 2.10 bits per heavy atom. The molecule has 1 N–H and O–H groups in total. The third-order valence-corrected chi connectivity index (χ3v) is 4.91. The average Bonchev–Trinajstić information content (AvgIpc) is 2.73. The Morgan fingerprint density at radius 1 is 0.828 bits per heavy atom. The van der Waals surface area contributed by atoms with Gasteiger partial charge >= 0.3 is 5.97 Å². The maximum absolute atomic E-state index is 13.4. The molecule has 1 heterocycles. The van der Waals surface area contributed by atoms with Gasteiger partial charge in [0.1, 0.15) is 0 Å². The summed E-state index contributed by atoms with van der Waals surface area (Å²) in [7, 11) is 0. The van der Waals surface area contributed by atoms with Crippen LogP contribution < -0.4 is 4.90 Å². The molecule has 2 amide bonds. The van der Waals surface area contributed by atoms with Crippen LogP contribution in [-0.4, -0.2) is 22.9 Å². The lowest BCUT2D eigenvalue weighted by Gasteiger charge is -2.29. The zero-order valence-electron chi connectivity index (χ0n) is 15.6. The molecule has 0 unspecified atom stereocenters. The highest BCUT2D eigenvalue weighted by Crippen LogP contribution is 2.34. The number of carbonyl (C=O) groups excluding carboxylic acids is 2. The fourth-order valence-corrected chi connectivity index (χ4v) is 3.41. The van der Waals surface area contributed by atoms with Crippen molar-refractivity contribution < 1.29 is 19.5 Å². The van der Waals surface area contributed by atoms with E-state index < -0.39 is 11.9 Å². The van der Waals surface area contributed by atoms with E-state index in [2.05, 4.69) is 0 Å². The van der Waals surface area contributed by atoms with Crippen molar-refractivity contribution in [2.75, 3.05) is 4.90 Å². The Morgan fingerprint density at radius 2 is 1.45 bits per heavy atom. The van der Waals surface area contributed by atoms with Crippen molar-refractivity contribution >= 4 is 35.1 Å². The summed E-state index contributed by atoms with van der Waals surface area (Å²) in [5.74, 6) is -1.79. The van der Waals surface area contributed by atoms with Crippen LogP contribution >= 0.6 is 0 Å². The first-order chi connectivity index (χ1) is 14.0. The lowest BCUT2D eigenvalue weighted by atomic mass is 9.91. The number of para-hydroxylation sites is 1. The minimum absolute atomic E-state index is 0.166. The number of imide groups is 1. The van der Waals surface area contributed by atoms with Crippen molar-refractivity contribution in [3.05, 3.63) is 101 Å². The molecule has 0 aliphatic carbocycles. The number of aromatic carboxylic acids is 1. The van der Waals surface area contributed by atoms with Gasteiger partial charge in [-0.3, -0.25) is 9.59 Å². The lowest BCUT2D eigenvalue weighted by Crippen LogP contribution is -2.42. The molecule has 0 spiro atoms. The Hall–Kier alpha value is -3.99. The minimum atomic E-state index is -1.01. The van der Waals surface area contributed by atoms with Gasteiger partial charge in [-0.2, -0.15) is 0 Å². The van der Waals surface area contributed by atoms with Crippen molar-refractivity contribution in [3.63, 3.8) is 0 Å². The molecule has 0 bridgehead atoms. The summed E-state index contributed by atoms with van der Waals surface area (Å²) in [4.78, 5) is 38.8. The second-order valence-electron chi connectivity index (χ2n) is 6.76. The van der Waals surface area contributed by atoms with E-state index in [1.807, 2.05) is 19.1 Å². The van der Waals surface area contributed by atoms with E-state index in [4.69, 9.17) is 5.11 Å². The number of fused-ring (bicyclic) bond motifs is 1. The standard InChI is InChI=1S/C24H17NO4/c1-15-6-2-5-9-21(15)25-22(26)19-8-4-3-7-18(19)20(23(25)27)14-16-10-12-17(13-11-16)24(28)29/h2-14H,1H3,(H,28,29)/b20-14-. The number of hydrogen-bond acceptors (Lipinski definition) is 3.